The van der Waals surface area contributed by atoms with Crippen molar-refractivity contribution < 1.29 is 9.47 Å². The van der Waals surface area contributed by atoms with Crippen LogP contribution in [0.1, 0.15) is 29.5 Å². The SMILES string of the molecule is COc1ccc(OC)c2c1NC(c1ccc(Cl)cc1)C1CC=CC21. The maximum absolute atomic E-state index is 6.06. The van der Waals surface area contributed by atoms with Crippen molar-refractivity contribution in [2.75, 3.05) is 19.5 Å². The lowest BCUT2D eigenvalue weighted by molar-refractivity contribution is 0.370. The van der Waals surface area contributed by atoms with E-state index in [-0.39, 0.29) is 6.04 Å². The number of anilines is 1. The van der Waals surface area contributed by atoms with Gasteiger partial charge < -0.3 is 14.8 Å². The van der Waals surface area contributed by atoms with Gasteiger partial charge in [-0.1, -0.05) is 35.9 Å². The molecule has 24 heavy (non-hydrogen) atoms. The van der Waals surface area contributed by atoms with Gasteiger partial charge in [0.15, 0.2) is 0 Å². The number of fused-ring (bicyclic) bond motifs is 3. The summed E-state index contributed by atoms with van der Waals surface area (Å²) in [5.41, 5.74) is 3.47. The number of benzene rings is 2. The van der Waals surface area contributed by atoms with Gasteiger partial charge >= 0.3 is 0 Å². The summed E-state index contributed by atoms with van der Waals surface area (Å²) in [6.45, 7) is 0. The zero-order chi connectivity index (χ0) is 16.7. The molecule has 1 heterocycles. The third-order valence-electron chi connectivity index (χ3n) is 5.11. The standard InChI is InChI=1S/C20H20ClNO2/c1-23-16-10-11-17(24-2)20-18(16)14-4-3-5-15(14)19(22-20)12-6-8-13(21)9-7-12/h3-4,6-11,14-15,19,22H,5H2,1-2H3. The normalized spacial score (nSPS) is 24.0. The molecule has 0 fully saturated rings. The van der Waals surface area contributed by atoms with Crippen molar-refractivity contribution in [3.05, 3.63) is 64.7 Å². The van der Waals surface area contributed by atoms with Gasteiger partial charge in [0.05, 0.1) is 25.9 Å². The molecular formula is C20H20ClNO2. The lowest BCUT2D eigenvalue weighted by Crippen LogP contribution is -2.29. The fourth-order valence-corrected chi connectivity index (χ4v) is 4.12. The number of ether oxygens (including phenoxy) is 2. The second-order valence-corrected chi connectivity index (χ2v) is 6.72. The van der Waals surface area contributed by atoms with E-state index in [4.69, 9.17) is 21.1 Å². The van der Waals surface area contributed by atoms with Gasteiger partial charge in [-0.3, -0.25) is 0 Å². The van der Waals surface area contributed by atoms with E-state index >= 15 is 0 Å². The van der Waals surface area contributed by atoms with E-state index in [1.54, 1.807) is 14.2 Å². The van der Waals surface area contributed by atoms with Crippen LogP contribution < -0.4 is 14.8 Å². The Morgan fingerprint density at radius 2 is 1.71 bits per heavy atom. The van der Waals surface area contributed by atoms with Crippen molar-refractivity contribution in [2.45, 2.75) is 18.4 Å². The number of hydrogen-bond donors (Lipinski definition) is 1. The quantitative estimate of drug-likeness (QED) is 0.780. The van der Waals surface area contributed by atoms with Crippen LogP contribution >= 0.6 is 11.6 Å². The van der Waals surface area contributed by atoms with Crippen molar-refractivity contribution in [2.24, 2.45) is 5.92 Å². The Balaban J connectivity index is 1.85. The molecule has 3 atom stereocenters. The molecule has 1 aliphatic heterocycles. The number of methoxy groups -OCH3 is 2. The molecule has 0 aromatic heterocycles. The Morgan fingerprint density at radius 3 is 2.42 bits per heavy atom. The number of halogens is 1. The van der Waals surface area contributed by atoms with Crippen LogP contribution in [-0.2, 0) is 0 Å². The summed E-state index contributed by atoms with van der Waals surface area (Å²) in [6, 6.07) is 12.3. The number of allylic oxidation sites excluding steroid dienone is 2. The lowest BCUT2D eigenvalue weighted by Gasteiger charge is -2.38. The van der Waals surface area contributed by atoms with Crippen LogP contribution in [0.15, 0.2) is 48.6 Å². The zero-order valence-corrected chi connectivity index (χ0v) is 14.5. The molecule has 0 amide bonds. The smallest absolute Gasteiger partial charge is 0.142 e. The highest BCUT2D eigenvalue weighted by Crippen LogP contribution is 2.55. The van der Waals surface area contributed by atoms with Crippen molar-refractivity contribution >= 4 is 17.3 Å². The third-order valence-corrected chi connectivity index (χ3v) is 5.36. The first-order valence-electron chi connectivity index (χ1n) is 8.16. The highest BCUT2D eigenvalue weighted by atomic mass is 35.5. The Morgan fingerprint density at radius 1 is 1.00 bits per heavy atom. The van der Waals surface area contributed by atoms with Crippen LogP contribution in [0, 0.1) is 5.92 Å². The molecule has 0 radical (unpaired) electrons. The fraction of sp³-hybridized carbons (Fsp3) is 0.300. The minimum absolute atomic E-state index is 0.218. The van der Waals surface area contributed by atoms with E-state index in [9.17, 15) is 0 Å². The summed E-state index contributed by atoms with van der Waals surface area (Å²) in [6.07, 6.45) is 5.62. The first kappa shape index (κ1) is 15.4. The van der Waals surface area contributed by atoms with Crippen molar-refractivity contribution in [1.29, 1.82) is 0 Å². The number of nitrogens with one attached hydrogen (secondary N) is 1. The summed E-state index contributed by atoms with van der Waals surface area (Å²) in [7, 11) is 3.43. The summed E-state index contributed by atoms with van der Waals surface area (Å²) in [5, 5.41) is 4.47. The molecule has 0 spiro atoms. The molecule has 3 unspecified atom stereocenters. The highest BCUT2D eigenvalue weighted by molar-refractivity contribution is 6.30. The maximum Gasteiger partial charge on any atom is 0.142 e. The summed E-state index contributed by atoms with van der Waals surface area (Å²) in [5.74, 6) is 2.55. The minimum Gasteiger partial charge on any atom is -0.496 e. The number of hydrogen-bond acceptors (Lipinski definition) is 3. The molecule has 2 aromatic rings. The maximum atomic E-state index is 6.06. The molecule has 4 rings (SSSR count). The van der Waals surface area contributed by atoms with E-state index in [0.717, 1.165) is 28.6 Å². The minimum atomic E-state index is 0.218. The molecule has 1 N–H and O–H groups in total. The second-order valence-electron chi connectivity index (χ2n) is 6.29. The topological polar surface area (TPSA) is 30.5 Å². The summed E-state index contributed by atoms with van der Waals surface area (Å²) in [4.78, 5) is 0. The predicted molar refractivity (Wildman–Crippen MR) is 97.3 cm³/mol. The van der Waals surface area contributed by atoms with Crippen molar-refractivity contribution in [3.8, 4) is 11.5 Å². The third kappa shape index (κ3) is 2.35. The molecule has 0 saturated carbocycles. The van der Waals surface area contributed by atoms with Gasteiger partial charge in [-0.15, -0.1) is 0 Å². The number of rotatable bonds is 3. The van der Waals surface area contributed by atoms with E-state index < -0.39 is 0 Å². The van der Waals surface area contributed by atoms with Gasteiger partial charge in [0.1, 0.15) is 11.5 Å². The van der Waals surface area contributed by atoms with Gasteiger partial charge in [0.25, 0.3) is 0 Å². The van der Waals surface area contributed by atoms with Gasteiger partial charge in [0, 0.05) is 16.5 Å². The molecule has 1 aliphatic carbocycles. The second kappa shape index (κ2) is 6.06. The Bertz CT molecular complexity index is 785. The molecule has 3 nitrogen and oxygen atoms in total. The average molecular weight is 342 g/mol. The predicted octanol–water partition coefficient (Wildman–Crippen LogP) is 5.18. The average Bonchev–Trinajstić information content (AvgIpc) is 3.10. The van der Waals surface area contributed by atoms with Crippen LogP contribution in [0.5, 0.6) is 11.5 Å². The van der Waals surface area contributed by atoms with Crippen LogP contribution in [0.4, 0.5) is 5.69 Å². The summed E-state index contributed by atoms with van der Waals surface area (Å²) < 4.78 is 11.2. The molecule has 4 heteroatoms. The van der Waals surface area contributed by atoms with Crippen LogP contribution in [0.25, 0.3) is 0 Å². The van der Waals surface area contributed by atoms with E-state index in [1.165, 1.54) is 11.1 Å². The van der Waals surface area contributed by atoms with Crippen LogP contribution in [0.2, 0.25) is 5.02 Å². The lowest BCUT2D eigenvalue weighted by atomic mass is 9.76. The van der Waals surface area contributed by atoms with Gasteiger partial charge in [-0.2, -0.15) is 0 Å². The monoisotopic (exact) mass is 341 g/mol. The van der Waals surface area contributed by atoms with Gasteiger partial charge in [0.2, 0.25) is 0 Å². The molecule has 2 aromatic carbocycles. The molecular weight excluding hydrogens is 322 g/mol. The van der Waals surface area contributed by atoms with E-state index in [0.29, 0.717) is 11.8 Å². The largest absolute Gasteiger partial charge is 0.496 e. The molecule has 0 saturated heterocycles. The van der Waals surface area contributed by atoms with Crippen molar-refractivity contribution in [3.63, 3.8) is 0 Å². The Labute approximate surface area is 147 Å². The Kier molecular flexibility index (Phi) is 3.89. The molecule has 0 bridgehead atoms. The zero-order valence-electron chi connectivity index (χ0n) is 13.8. The van der Waals surface area contributed by atoms with E-state index in [1.807, 2.05) is 24.3 Å². The van der Waals surface area contributed by atoms with E-state index in [2.05, 4.69) is 29.6 Å². The van der Waals surface area contributed by atoms with Crippen LogP contribution in [-0.4, -0.2) is 14.2 Å². The Hall–Kier alpha value is -2.13. The molecule has 124 valence electrons. The van der Waals surface area contributed by atoms with Gasteiger partial charge in [-0.25, -0.2) is 0 Å². The van der Waals surface area contributed by atoms with Crippen LogP contribution in [0.3, 0.4) is 0 Å². The summed E-state index contributed by atoms with van der Waals surface area (Å²) >= 11 is 6.06. The highest BCUT2D eigenvalue weighted by Gasteiger charge is 2.40. The first-order chi connectivity index (χ1) is 11.7. The molecule has 2 aliphatic rings. The van der Waals surface area contributed by atoms with Gasteiger partial charge in [-0.05, 0) is 42.2 Å². The fourth-order valence-electron chi connectivity index (χ4n) is 4.00. The first-order valence-corrected chi connectivity index (χ1v) is 8.54. The van der Waals surface area contributed by atoms with Crippen molar-refractivity contribution in [1.82, 2.24) is 0 Å².